The lowest BCUT2D eigenvalue weighted by Gasteiger charge is -2.28. The van der Waals surface area contributed by atoms with Crippen molar-refractivity contribution in [2.45, 2.75) is 30.8 Å². The molecular formula is C21H21N5S. The van der Waals surface area contributed by atoms with Gasteiger partial charge in [0.25, 0.3) is 0 Å². The summed E-state index contributed by atoms with van der Waals surface area (Å²) in [5, 5.41) is 1.71. The van der Waals surface area contributed by atoms with Gasteiger partial charge in [0.05, 0.1) is 24.0 Å². The number of aliphatic imine (C=N–C) groups is 1. The number of pyridine rings is 2. The maximum absolute atomic E-state index is 5.07. The zero-order chi connectivity index (χ0) is 18.2. The third-order valence-electron chi connectivity index (χ3n) is 5.11. The van der Waals surface area contributed by atoms with Crippen LogP contribution < -0.4 is 0 Å². The van der Waals surface area contributed by atoms with Gasteiger partial charge in [0.2, 0.25) is 0 Å². The summed E-state index contributed by atoms with van der Waals surface area (Å²) in [5.41, 5.74) is 3.36. The van der Waals surface area contributed by atoms with Crippen molar-refractivity contribution in [3.05, 3.63) is 84.2 Å². The molecule has 5 nitrogen and oxygen atoms in total. The normalized spacial score (nSPS) is 24.1. The molecule has 0 bridgehead atoms. The highest BCUT2D eigenvalue weighted by atomic mass is 32.2. The van der Waals surface area contributed by atoms with E-state index < -0.39 is 0 Å². The van der Waals surface area contributed by atoms with Crippen molar-refractivity contribution in [1.82, 2.24) is 19.4 Å². The minimum Gasteiger partial charge on any atom is -0.344 e. The molecule has 6 heteroatoms. The van der Waals surface area contributed by atoms with E-state index in [9.17, 15) is 0 Å². The summed E-state index contributed by atoms with van der Waals surface area (Å²) in [6.07, 6.45) is 5.85. The third kappa shape index (κ3) is 3.04. The minimum atomic E-state index is 0.0265. The summed E-state index contributed by atoms with van der Waals surface area (Å²) in [4.78, 5) is 16.6. The van der Waals surface area contributed by atoms with Gasteiger partial charge in [-0.3, -0.25) is 15.0 Å². The molecule has 3 aromatic heterocycles. The van der Waals surface area contributed by atoms with Crippen molar-refractivity contribution in [2.24, 2.45) is 4.99 Å². The smallest absolute Gasteiger partial charge is 0.160 e. The molecular weight excluding hydrogens is 354 g/mol. The van der Waals surface area contributed by atoms with Crippen LogP contribution in [0.4, 0.5) is 0 Å². The number of rotatable bonds is 4. The molecule has 1 saturated heterocycles. The molecule has 27 heavy (non-hydrogen) atoms. The van der Waals surface area contributed by atoms with Crippen LogP contribution in [0.15, 0.2) is 72.1 Å². The number of hydrogen-bond acceptors (Lipinski definition) is 5. The van der Waals surface area contributed by atoms with Crippen LogP contribution >= 0.6 is 11.8 Å². The molecule has 1 fully saturated rings. The quantitative estimate of drug-likeness (QED) is 0.693. The molecule has 0 aliphatic carbocycles. The van der Waals surface area contributed by atoms with Gasteiger partial charge in [0.1, 0.15) is 6.04 Å². The van der Waals surface area contributed by atoms with E-state index in [4.69, 9.17) is 4.99 Å². The number of amidine groups is 1. The highest BCUT2D eigenvalue weighted by molar-refractivity contribution is 8.14. The second-order valence-electron chi connectivity index (χ2n) is 7.02. The summed E-state index contributed by atoms with van der Waals surface area (Å²) >= 11 is 1.87. The zero-order valence-electron chi connectivity index (χ0n) is 15.1. The van der Waals surface area contributed by atoms with Crippen molar-refractivity contribution in [2.75, 3.05) is 6.54 Å². The Bertz CT molecular complexity index is 953. The maximum atomic E-state index is 5.07. The van der Waals surface area contributed by atoms with E-state index in [1.165, 1.54) is 5.69 Å². The average molecular weight is 376 g/mol. The molecule has 0 unspecified atom stereocenters. The van der Waals surface area contributed by atoms with Crippen LogP contribution in [0.1, 0.15) is 36.1 Å². The monoisotopic (exact) mass is 375 g/mol. The van der Waals surface area contributed by atoms with E-state index in [2.05, 4.69) is 56.8 Å². The van der Waals surface area contributed by atoms with Crippen LogP contribution in [0.2, 0.25) is 0 Å². The van der Waals surface area contributed by atoms with Crippen LogP contribution in [-0.2, 0) is 6.54 Å². The standard InChI is InChI=1S/C21H21N5S/c1-15-13-26-20(19(24-21(26)27-15)17-8-3-5-11-23-17)18-9-6-12-25(18)14-16-7-2-4-10-22-16/h2-12,15,19-20H,13-14H2,1H3/t15-,19+,20-/m0/s1. The van der Waals surface area contributed by atoms with Crippen molar-refractivity contribution >= 4 is 16.9 Å². The molecule has 0 amide bonds. The van der Waals surface area contributed by atoms with Crippen LogP contribution in [-0.4, -0.2) is 36.4 Å². The Morgan fingerprint density at radius 1 is 1.04 bits per heavy atom. The summed E-state index contributed by atoms with van der Waals surface area (Å²) < 4.78 is 2.30. The molecule has 5 rings (SSSR count). The molecule has 5 heterocycles. The number of aromatic nitrogens is 3. The number of hydrogen-bond donors (Lipinski definition) is 0. The van der Waals surface area contributed by atoms with Gasteiger partial charge >= 0.3 is 0 Å². The summed E-state index contributed by atoms with van der Waals surface area (Å²) in [6, 6.07) is 16.7. The number of fused-ring (bicyclic) bond motifs is 1. The Kier molecular flexibility index (Phi) is 4.20. The van der Waals surface area contributed by atoms with E-state index >= 15 is 0 Å². The highest BCUT2D eigenvalue weighted by Crippen LogP contribution is 2.47. The Morgan fingerprint density at radius 3 is 2.67 bits per heavy atom. The fourth-order valence-electron chi connectivity index (χ4n) is 3.94. The summed E-state index contributed by atoms with van der Waals surface area (Å²) in [5.74, 6) is 0. The lowest BCUT2D eigenvalue weighted by atomic mass is 10.0. The van der Waals surface area contributed by atoms with E-state index in [1.54, 1.807) is 0 Å². The molecule has 0 aromatic carbocycles. The van der Waals surface area contributed by atoms with Gasteiger partial charge in [-0.25, -0.2) is 0 Å². The fourth-order valence-corrected chi connectivity index (χ4v) is 5.04. The first kappa shape index (κ1) is 16.6. The lowest BCUT2D eigenvalue weighted by molar-refractivity contribution is 0.307. The highest BCUT2D eigenvalue weighted by Gasteiger charge is 2.44. The van der Waals surface area contributed by atoms with Gasteiger partial charge < -0.3 is 9.47 Å². The van der Waals surface area contributed by atoms with E-state index in [0.29, 0.717) is 5.25 Å². The Balaban J connectivity index is 1.53. The average Bonchev–Trinajstić information content (AvgIpc) is 3.37. The maximum Gasteiger partial charge on any atom is 0.160 e. The predicted molar refractivity (Wildman–Crippen MR) is 109 cm³/mol. The van der Waals surface area contributed by atoms with Crippen LogP contribution in [0.3, 0.4) is 0 Å². The first-order valence-corrected chi connectivity index (χ1v) is 10.1. The van der Waals surface area contributed by atoms with Gasteiger partial charge in [-0.05, 0) is 36.4 Å². The second-order valence-corrected chi connectivity index (χ2v) is 8.42. The first-order valence-electron chi connectivity index (χ1n) is 9.26. The van der Waals surface area contributed by atoms with E-state index in [0.717, 1.165) is 29.6 Å². The first-order chi connectivity index (χ1) is 13.3. The molecule has 2 aliphatic rings. The van der Waals surface area contributed by atoms with Gasteiger partial charge in [-0.15, -0.1) is 0 Å². The molecule has 0 spiro atoms. The predicted octanol–water partition coefficient (Wildman–Crippen LogP) is 3.92. The number of nitrogens with zero attached hydrogens (tertiary/aromatic N) is 5. The molecule has 136 valence electrons. The molecule has 3 aromatic rings. The van der Waals surface area contributed by atoms with Crippen LogP contribution in [0, 0.1) is 0 Å². The summed E-state index contributed by atoms with van der Waals surface area (Å²) in [6.45, 7) is 4.05. The Hall–Kier alpha value is -2.60. The fraction of sp³-hybridized carbons (Fsp3) is 0.286. The van der Waals surface area contributed by atoms with Gasteiger partial charge in [-0.2, -0.15) is 0 Å². The van der Waals surface area contributed by atoms with Crippen molar-refractivity contribution < 1.29 is 0 Å². The van der Waals surface area contributed by atoms with Gasteiger partial charge in [0, 0.05) is 36.1 Å². The molecule has 0 radical (unpaired) electrons. The Labute approximate surface area is 163 Å². The van der Waals surface area contributed by atoms with E-state index in [-0.39, 0.29) is 12.1 Å². The van der Waals surface area contributed by atoms with Crippen molar-refractivity contribution in [3.8, 4) is 0 Å². The Morgan fingerprint density at radius 2 is 1.89 bits per heavy atom. The van der Waals surface area contributed by atoms with Crippen molar-refractivity contribution in [3.63, 3.8) is 0 Å². The van der Waals surface area contributed by atoms with Crippen LogP contribution in [0.25, 0.3) is 0 Å². The molecule has 0 N–H and O–H groups in total. The van der Waals surface area contributed by atoms with Gasteiger partial charge in [0.15, 0.2) is 5.17 Å². The molecule has 0 saturated carbocycles. The second kappa shape index (κ2) is 6.85. The van der Waals surface area contributed by atoms with E-state index in [1.807, 2.05) is 48.4 Å². The van der Waals surface area contributed by atoms with Gasteiger partial charge in [-0.1, -0.05) is 30.8 Å². The third-order valence-corrected chi connectivity index (χ3v) is 6.21. The van der Waals surface area contributed by atoms with Crippen LogP contribution in [0.5, 0.6) is 0 Å². The van der Waals surface area contributed by atoms with Crippen molar-refractivity contribution in [1.29, 1.82) is 0 Å². The largest absolute Gasteiger partial charge is 0.344 e. The SMILES string of the molecule is C[C@H]1CN2C(=N[C@H](c3ccccn3)[C@@H]2c2cccn2Cc2ccccn2)S1. The number of thioether (sulfide) groups is 1. The topological polar surface area (TPSA) is 46.3 Å². The minimum absolute atomic E-state index is 0.0265. The lowest BCUT2D eigenvalue weighted by Crippen LogP contribution is -2.30. The molecule has 2 aliphatic heterocycles. The zero-order valence-corrected chi connectivity index (χ0v) is 16.0. The summed E-state index contributed by atoms with van der Waals surface area (Å²) in [7, 11) is 0. The molecule has 3 atom stereocenters.